The van der Waals surface area contributed by atoms with Gasteiger partial charge in [0, 0.05) is 11.8 Å². The van der Waals surface area contributed by atoms with E-state index in [0.717, 1.165) is 37.0 Å². The lowest BCUT2D eigenvalue weighted by Gasteiger charge is -2.54. The van der Waals surface area contributed by atoms with Crippen LogP contribution >= 0.6 is 0 Å². The Hall–Kier alpha value is -2.22. The number of carbonyl (C=O) groups is 1. The number of nitrogens with two attached hydrogens (primary N) is 1. The van der Waals surface area contributed by atoms with E-state index in [1.54, 1.807) is 18.2 Å². The van der Waals surface area contributed by atoms with Crippen molar-refractivity contribution >= 4 is 11.7 Å². The molecule has 0 amide bonds. The molecule has 3 N–H and O–H groups in total. The minimum atomic E-state index is -0.508. The van der Waals surface area contributed by atoms with Gasteiger partial charge in [0.05, 0.1) is 18.1 Å². The number of hydrogen-bond acceptors (Lipinski definition) is 4. The van der Waals surface area contributed by atoms with Gasteiger partial charge in [0.2, 0.25) is 0 Å². The van der Waals surface area contributed by atoms with Crippen LogP contribution < -0.4 is 10.5 Å². The van der Waals surface area contributed by atoms with Gasteiger partial charge in [-0.05, 0) is 68.4 Å². The molecule has 4 bridgehead atoms. The molecule has 24 heavy (non-hydrogen) atoms. The lowest BCUT2D eigenvalue weighted by atomic mass is 9.49. The average Bonchev–Trinajstić information content (AvgIpc) is 2.54. The lowest BCUT2D eigenvalue weighted by molar-refractivity contribution is -0.164. The summed E-state index contributed by atoms with van der Waals surface area (Å²) in [4.78, 5) is 11.3. The zero-order valence-corrected chi connectivity index (χ0v) is 14.0. The quantitative estimate of drug-likeness (QED) is 0.811. The fourth-order valence-electron chi connectivity index (χ4n) is 5.17. The van der Waals surface area contributed by atoms with Crippen molar-refractivity contribution in [3.05, 3.63) is 23.8 Å². The highest BCUT2D eigenvalue weighted by molar-refractivity contribution is 5.75. The van der Waals surface area contributed by atoms with Gasteiger partial charge in [-0.1, -0.05) is 0 Å². The lowest BCUT2D eigenvalue weighted by Crippen LogP contribution is -2.49. The molecule has 5 rings (SSSR count). The van der Waals surface area contributed by atoms with Gasteiger partial charge in [-0.3, -0.25) is 4.79 Å². The van der Waals surface area contributed by atoms with Gasteiger partial charge >= 0.3 is 5.97 Å². The predicted molar refractivity (Wildman–Crippen MR) is 90.4 cm³/mol. The second-order valence-corrected chi connectivity index (χ2v) is 7.57. The monoisotopic (exact) mass is 328 g/mol. The first-order valence-electron chi connectivity index (χ1n) is 8.53. The van der Waals surface area contributed by atoms with E-state index >= 15 is 0 Å². The molecular weight excluding hydrogens is 304 g/mol. The number of ether oxygens (including phenoxy) is 1. The standard InChI is InChI=1S/C11H16O2.C8H8N2O/c12-10(13)11-4-7-1-8(5-11)3-9(2-7)6-11;1-11-8-4-7(10)3-2-6(8)5-9/h7-9H,1-6H2,(H,12,13);2-4H,10H2,1H3. The molecule has 128 valence electrons. The maximum atomic E-state index is 11.3. The number of benzene rings is 1. The average molecular weight is 328 g/mol. The Bertz CT molecular complexity index is 642. The van der Waals surface area contributed by atoms with Crippen LogP contribution in [0.1, 0.15) is 44.1 Å². The van der Waals surface area contributed by atoms with Gasteiger partial charge < -0.3 is 15.6 Å². The zero-order chi connectivity index (χ0) is 17.3. The van der Waals surface area contributed by atoms with Gasteiger partial charge in [0.15, 0.2) is 0 Å². The Morgan fingerprint density at radius 1 is 1.25 bits per heavy atom. The molecule has 0 atom stereocenters. The van der Waals surface area contributed by atoms with Crippen molar-refractivity contribution in [1.82, 2.24) is 0 Å². The van der Waals surface area contributed by atoms with E-state index in [1.165, 1.54) is 26.4 Å². The molecule has 0 aromatic heterocycles. The number of hydrogen-bond donors (Lipinski definition) is 2. The number of rotatable bonds is 2. The highest BCUT2D eigenvalue weighted by atomic mass is 16.5. The fourth-order valence-corrected chi connectivity index (χ4v) is 5.17. The summed E-state index contributed by atoms with van der Waals surface area (Å²) in [6.07, 6.45) is 6.92. The topological polar surface area (TPSA) is 96.3 Å². The van der Waals surface area contributed by atoms with Crippen LogP contribution in [0.2, 0.25) is 0 Å². The van der Waals surface area contributed by atoms with Crippen LogP contribution in [0.4, 0.5) is 5.69 Å². The molecule has 0 spiro atoms. The molecule has 4 saturated carbocycles. The molecule has 0 saturated heterocycles. The molecule has 0 radical (unpaired) electrons. The summed E-state index contributed by atoms with van der Waals surface area (Å²) < 4.78 is 4.91. The summed E-state index contributed by atoms with van der Waals surface area (Å²) in [5, 5.41) is 17.8. The molecule has 0 heterocycles. The van der Waals surface area contributed by atoms with Gasteiger partial charge in [0.1, 0.15) is 11.8 Å². The first-order chi connectivity index (χ1) is 11.5. The van der Waals surface area contributed by atoms with E-state index in [9.17, 15) is 9.90 Å². The van der Waals surface area contributed by atoms with Crippen LogP contribution in [-0.4, -0.2) is 18.2 Å². The fraction of sp³-hybridized carbons (Fsp3) is 0.579. The Morgan fingerprint density at radius 3 is 2.21 bits per heavy atom. The Balaban J connectivity index is 0.000000144. The van der Waals surface area contributed by atoms with Gasteiger partial charge in [0.25, 0.3) is 0 Å². The number of nitriles is 1. The van der Waals surface area contributed by atoms with E-state index < -0.39 is 5.97 Å². The number of carboxylic acids is 1. The second-order valence-electron chi connectivity index (χ2n) is 7.57. The van der Waals surface area contributed by atoms with E-state index in [1.807, 2.05) is 6.07 Å². The summed E-state index contributed by atoms with van der Waals surface area (Å²) in [6.45, 7) is 0. The van der Waals surface area contributed by atoms with Crippen LogP contribution in [0.25, 0.3) is 0 Å². The predicted octanol–water partition coefficient (Wildman–Crippen LogP) is 3.44. The van der Waals surface area contributed by atoms with Crippen LogP contribution in [0.15, 0.2) is 18.2 Å². The first kappa shape index (κ1) is 16.6. The smallest absolute Gasteiger partial charge is 0.309 e. The summed E-state index contributed by atoms with van der Waals surface area (Å²) in [5.74, 6) is 2.27. The number of methoxy groups -OCH3 is 1. The third-order valence-corrected chi connectivity index (χ3v) is 5.84. The van der Waals surface area contributed by atoms with Crippen molar-refractivity contribution < 1.29 is 14.6 Å². The molecular formula is C19H24N2O3. The van der Waals surface area contributed by atoms with Crippen LogP contribution in [0.3, 0.4) is 0 Å². The minimum absolute atomic E-state index is 0.283. The molecule has 5 heteroatoms. The SMILES string of the molecule is COc1cc(N)ccc1C#N.O=C(O)C12CC3CC(CC(C3)C1)C2. The Labute approximate surface area is 142 Å². The molecule has 0 aliphatic heterocycles. The summed E-state index contributed by atoms with van der Waals surface area (Å²) in [6, 6.07) is 6.92. The Kier molecular flexibility index (Phi) is 4.40. The second kappa shape index (κ2) is 6.35. The summed E-state index contributed by atoms with van der Waals surface area (Å²) >= 11 is 0. The maximum absolute atomic E-state index is 11.3. The van der Waals surface area contributed by atoms with Crippen molar-refractivity contribution in [1.29, 1.82) is 5.26 Å². The largest absolute Gasteiger partial charge is 0.495 e. The maximum Gasteiger partial charge on any atom is 0.309 e. The van der Waals surface area contributed by atoms with Crippen molar-refractivity contribution in [2.75, 3.05) is 12.8 Å². The minimum Gasteiger partial charge on any atom is -0.495 e. The van der Waals surface area contributed by atoms with Gasteiger partial charge in [-0.2, -0.15) is 5.26 Å². The summed E-state index contributed by atoms with van der Waals surface area (Å²) in [7, 11) is 1.51. The number of carboxylic acid groups (broad SMARTS) is 1. The number of nitrogen functional groups attached to an aromatic ring is 1. The van der Waals surface area contributed by atoms with E-state index in [-0.39, 0.29) is 5.41 Å². The number of aliphatic carboxylic acids is 1. The van der Waals surface area contributed by atoms with Crippen molar-refractivity contribution in [2.24, 2.45) is 23.2 Å². The van der Waals surface area contributed by atoms with Crippen LogP contribution in [0, 0.1) is 34.5 Å². The number of anilines is 1. The van der Waals surface area contributed by atoms with Crippen molar-refractivity contribution in [3.63, 3.8) is 0 Å². The van der Waals surface area contributed by atoms with E-state index in [2.05, 4.69) is 0 Å². The Morgan fingerprint density at radius 2 is 1.79 bits per heavy atom. The third-order valence-electron chi connectivity index (χ3n) is 5.84. The van der Waals surface area contributed by atoms with E-state index in [0.29, 0.717) is 17.0 Å². The third kappa shape index (κ3) is 3.06. The molecule has 4 fully saturated rings. The first-order valence-corrected chi connectivity index (χ1v) is 8.53. The highest BCUT2D eigenvalue weighted by Crippen LogP contribution is 2.59. The van der Waals surface area contributed by atoms with Gasteiger partial charge in [-0.15, -0.1) is 0 Å². The molecule has 1 aromatic carbocycles. The highest BCUT2D eigenvalue weighted by Gasteiger charge is 2.54. The van der Waals surface area contributed by atoms with Crippen LogP contribution in [-0.2, 0) is 4.79 Å². The molecule has 5 nitrogen and oxygen atoms in total. The van der Waals surface area contributed by atoms with Crippen molar-refractivity contribution in [3.8, 4) is 11.8 Å². The van der Waals surface area contributed by atoms with Crippen LogP contribution in [0.5, 0.6) is 5.75 Å². The molecule has 1 aromatic rings. The normalized spacial score (nSPS) is 32.4. The van der Waals surface area contributed by atoms with Crippen molar-refractivity contribution in [2.45, 2.75) is 38.5 Å². The zero-order valence-electron chi connectivity index (χ0n) is 14.0. The summed E-state index contributed by atoms with van der Waals surface area (Å²) in [5.41, 5.74) is 6.28. The molecule has 4 aliphatic carbocycles. The van der Waals surface area contributed by atoms with E-state index in [4.69, 9.17) is 15.7 Å². The molecule has 0 unspecified atom stereocenters. The molecule has 4 aliphatic rings. The number of nitrogens with zero attached hydrogens (tertiary/aromatic N) is 1. The van der Waals surface area contributed by atoms with Gasteiger partial charge in [-0.25, -0.2) is 0 Å².